The Kier molecular flexibility index (Phi) is 5.86. The first kappa shape index (κ1) is 19.8. The van der Waals surface area contributed by atoms with Crippen molar-refractivity contribution in [1.82, 2.24) is 14.9 Å². The van der Waals surface area contributed by atoms with Crippen LogP contribution in [-0.2, 0) is 14.8 Å². The van der Waals surface area contributed by atoms with Crippen LogP contribution in [0.2, 0.25) is 0 Å². The molecule has 0 bridgehead atoms. The lowest BCUT2D eigenvalue weighted by molar-refractivity contribution is -0.126. The van der Waals surface area contributed by atoms with E-state index in [1.54, 1.807) is 30.9 Å². The van der Waals surface area contributed by atoms with E-state index in [-0.39, 0.29) is 28.7 Å². The Hall–Kier alpha value is -1.93. The van der Waals surface area contributed by atoms with Crippen LogP contribution in [0.3, 0.4) is 0 Å². The van der Waals surface area contributed by atoms with E-state index in [2.05, 4.69) is 10.0 Å². The van der Waals surface area contributed by atoms with Crippen LogP contribution < -0.4 is 10.0 Å². The molecule has 2 aliphatic rings. The maximum Gasteiger partial charge on any atom is 0.253 e. The quantitative estimate of drug-likeness (QED) is 0.766. The summed E-state index contributed by atoms with van der Waals surface area (Å²) in [6.45, 7) is 4.44. The van der Waals surface area contributed by atoms with Gasteiger partial charge < -0.3 is 10.2 Å². The summed E-state index contributed by atoms with van der Waals surface area (Å²) >= 11 is 0. The molecule has 0 radical (unpaired) electrons. The minimum Gasteiger partial charge on any atom is -0.353 e. The summed E-state index contributed by atoms with van der Waals surface area (Å²) in [4.78, 5) is 26.9. The van der Waals surface area contributed by atoms with Crippen LogP contribution >= 0.6 is 0 Å². The van der Waals surface area contributed by atoms with Crippen LogP contribution in [0.15, 0.2) is 29.2 Å². The van der Waals surface area contributed by atoms with Crippen LogP contribution in [0.5, 0.6) is 0 Å². The Morgan fingerprint density at radius 2 is 1.93 bits per heavy atom. The van der Waals surface area contributed by atoms with Crippen LogP contribution in [-0.4, -0.2) is 50.3 Å². The molecule has 148 valence electrons. The number of rotatable bonds is 6. The van der Waals surface area contributed by atoms with E-state index >= 15 is 0 Å². The van der Waals surface area contributed by atoms with E-state index in [1.807, 2.05) is 0 Å². The van der Waals surface area contributed by atoms with Gasteiger partial charge in [0.25, 0.3) is 5.91 Å². The second-order valence-electron chi connectivity index (χ2n) is 7.68. The number of nitrogens with zero attached hydrogens (tertiary/aromatic N) is 1. The topological polar surface area (TPSA) is 95.6 Å². The maximum absolute atomic E-state index is 12.9. The molecule has 7 nitrogen and oxygen atoms in total. The fourth-order valence-corrected chi connectivity index (χ4v) is 4.58. The molecule has 1 aliphatic carbocycles. The molecular formula is C19H27N3O4S. The van der Waals surface area contributed by atoms with Gasteiger partial charge in [0.1, 0.15) is 0 Å². The van der Waals surface area contributed by atoms with Crippen LogP contribution in [0, 0.1) is 5.92 Å². The predicted octanol–water partition coefficient (Wildman–Crippen LogP) is 1.50. The summed E-state index contributed by atoms with van der Waals surface area (Å²) in [5, 5.41) is 3.01. The SMILES string of the molecule is CC(C)NS(=O)(=O)c1cccc(C(=O)N2CCCC(C(=O)NC3CC3)C2)c1. The molecule has 1 heterocycles. The van der Waals surface area contributed by atoms with Crippen molar-refractivity contribution in [3.8, 4) is 0 Å². The number of hydrogen-bond donors (Lipinski definition) is 2. The van der Waals surface area contributed by atoms with E-state index in [9.17, 15) is 18.0 Å². The molecule has 2 N–H and O–H groups in total. The van der Waals surface area contributed by atoms with Crippen molar-refractivity contribution in [2.75, 3.05) is 13.1 Å². The minimum atomic E-state index is -3.66. The standard InChI is InChI=1S/C19H27N3O4S/c1-13(2)21-27(25,26)17-7-3-5-14(11-17)19(24)22-10-4-6-15(12-22)18(23)20-16-8-9-16/h3,5,7,11,13,15-16,21H,4,6,8-10,12H2,1-2H3,(H,20,23). The zero-order valence-corrected chi connectivity index (χ0v) is 16.6. The molecule has 1 aromatic rings. The van der Waals surface area contributed by atoms with Crippen molar-refractivity contribution < 1.29 is 18.0 Å². The zero-order valence-electron chi connectivity index (χ0n) is 15.8. The van der Waals surface area contributed by atoms with Crippen LogP contribution in [0.25, 0.3) is 0 Å². The number of sulfonamides is 1. The predicted molar refractivity (Wildman–Crippen MR) is 102 cm³/mol. The van der Waals surface area contributed by atoms with E-state index in [4.69, 9.17) is 0 Å². The average Bonchev–Trinajstić information content (AvgIpc) is 3.44. The van der Waals surface area contributed by atoms with Gasteiger partial charge in [0.15, 0.2) is 0 Å². The molecule has 1 saturated heterocycles. The van der Waals surface area contributed by atoms with Gasteiger partial charge in [-0.3, -0.25) is 9.59 Å². The second kappa shape index (κ2) is 7.98. The smallest absolute Gasteiger partial charge is 0.253 e. The van der Waals surface area contributed by atoms with Crippen molar-refractivity contribution in [1.29, 1.82) is 0 Å². The number of amides is 2. The number of benzene rings is 1. The fraction of sp³-hybridized carbons (Fsp3) is 0.579. The monoisotopic (exact) mass is 393 g/mol. The lowest BCUT2D eigenvalue weighted by Crippen LogP contribution is -2.45. The van der Waals surface area contributed by atoms with E-state index in [1.165, 1.54) is 12.1 Å². The van der Waals surface area contributed by atoms with Gasteiger partial charge in [0, 0.05) is 30.7 Å². The van der Waals surface area contributed by atoms with Gasteiger partial charge >= 0.3 is 0 Å². The third kappa shape index (κ3) is 5.07. The van der Waals surface area contributed by atoms with Crippen molar-refractivity contribution >= 4 is 21.8 Å². The Balaban J connectivity index is 1.71. The van der Waals surface area contributed by atoms with Gasteiger partial charge in [-0.1, -0.05) is 6.07 Å². The summed E-state index contributed by atoms with van der Waals surface area (Å²) in [5.74, 6) is -0.411. The highest BCUT2D eigenvalue weighted by Crippen LogP contribution is 2.23. The number of likely N-dealkylation sites (tertiary alicyclic amines) is 1. The normalized spacial score (nSPS) is 20.6. The summed E-state index contributed by atoms with van der Waals surface area (Å²) in [5.41, 5.74) is 0.324. The number of nitrogens with one attached hydrogen (secondary N) is 2. The lowest BCUT2D eigenvalue weighted by Gasteiger charge is -2.32. The van der Waals surface area contributed by atoms with E-state index < -0.39 is 10.0 Å². The Morgan fingerprint density at radius 3 is 2.59 bits per heavy atom. The largest absolute Gasteiger partial charge is 0.353 e. The van der Waals surface area contributed by atoms with Gasteiger partial charge in [0.2, 0.25) is 15.9 Å². The first-order valence-electron chi connectivity index (χ1n) is 9.48. The zero-order chi connectivity index (χ0) is 19.6. The van der Waals surface area contributed by atoms with Crippen molar-refractivity contribution in [2.24, 2.45) is 5.92 Å². The summed E-state index contributed by atoms with van der Waals surface area (Å²) in [6, 6.07) is 6.14. The first-order valence-corrected chi connectivity index (χ1v) is 11.0. The third-order valence-corrected chi connectivity index (χ3v) is 6.44. The molecule has 27 heavy (non-hydrogen) atoms. The summed E-state index contributed by atoms with van der Waals surface area (Å²) < 4.78 is 27.2. The second-order valence-corrected chi connectivity index (χ2v) is 9.39. The number of piperidine rings is 1. The third-order valence-electron chi connectivity index (χ3n) is 4.79. The highest BCUT2D eigenvalue weighted by atomic mass is 32.2. The van der Waals surface area contributed by atoms with E-state index in [0.29, 0.717) is 24.7 Å². The van der Waals surface area contributed by atoms with Crippen LogP contribution in [0.4, 0.5) is 0 Å². The van der Waals surface area contributed by atoms with Gasteiger partial charge in [-0.05, 0) is 57.7 Å². The molecule has 2 amide bonds. The highest BCUT2D eigenvalue weighted by molar-refractivity contribution is 7.89. The maximum atomic E-state index is 12.9. The molecule has 8 heteroatoms. The Morgan fingerprint density at radius 1 is 1.19 bits per heavy atom. The molecule has 1 saturated carbocycles. The van der Waals surface area contributed by atoms with Gasteiger partial charge in [-0.2, -0.15) is 0 Å². The average molecular weight is 394 g/mol. The molecular weight excluding hydrogens is 366 g/mol. The molecule has 0 spiro atoms. The molecule has 2 fully saturated rings. The Bertz CT molecular complexity index is 818. The van der Waals surface area contributed by atoms with Crippen molar-refractivity contribution in [3.63, 3.8) is 0 Å². The lowest BCUT2D eigenvalue weighted by atomic mass is 9.96. The molecule has 1 unspecified atom stereocenters. The number of carbonyl (C=O) groups is 2. The summed E-state index contributed by atoms with van der Waals surface area (Å²) in [6.07, 6.45) is 3.61. The first-order chi connectivity index (χ1) is 12.8. The number of hydrogen-bond acceptors (Lipinski definition) is 4. The molecule has 1 aromatic carbocycles. The van der Waals surface area contributed by atoms with Gasteiger partial charge in [0.05, 0.1) is 10.8 Å². The summed E-state index contributed by atoms with van der Waals surface area (Å²) in [7, 11) is -3.66. The molecule has 0 aromatic heterocycles. The Labute approximate surface area is 160 Å². The molecule has 1 aliphatic heterocycles. The molecule has 3 rings (SSSR count). The minimum absolute atomic E-state index is 0.0208. The van der Waals surface area contributed by atoms with Crippen molar-refractivity contribution in [3.05, 3.63) is 29.8 Å². The van der Waals surface area contributed by atoms with Gasteiger partial charge in [-0.15, -0.1) is 0 Å². The molecule has 1 atom stereocenters. The van der Waals surface area contributed by atoms with Gasteiger partial charge in [-0.25, -0.2) is 13.1 Å². The number of carbonyl (C=O) groups excluding carboxylic acids is 2. The fourth-order valence-electron chi connectivity index (χ4n) is 3.28. The van der Waals surface area contributed by atoms with E-state index in [0.717, 1.165) is 25.7 Å². The highest BCUT2D eigenvalue weighted by Gasteiger charge is 2.32. The van der Waals surface area contributed by atoms with Crippen LogP contribution in [0.1, 0.15) is 49.9 Å². The van der Waals surface area contributed by atoms with Crippen molar-refractivity contribution in [2.45, 2.75) is 56.5 Å².